The molecule has 3 aromatic rings. The molecule has 2 aromatic carbocycles. The average Bonchev–Trinajstić information content (AvgIpc) is 3.17. The highest BCUT2D eigenvalue weighted by Crippen LogP contribution is 2.32. The number of nitrogens with zero attached hydrogens (tertiary/aromatic N) is 4. The predicted octanol–water partition coefficient (Wildman–Crippen LogP) is 3.89. The Bertz CT molecular complexity index is 1170. The first-order valence-corrected chi connectivity index (χ1v) is 8.39. The zero-order valence-corrected chi connectivity index (χ0v) is 14.7. The molecule has 0 spiro atoms. The molecule has 6 nitrogen and oxygen atoms in total. The smallest absolute Gasteiger partial charge is 0.369 e. The minimum atomic E-state index is -0.738. The molecule has 0 saturated carbocycles. The monoisotopic (exact) mass is 377 g/mol. The summed E-state index contributed by atoms with van der Waals surface area (Å²) in [6, 6.07) is 11.5. The van der Waals surface area contributed by atoms with E-state index in [0.29, 0.717) is 28.2 Å². The fourth-order valence-corrected chi connectivity index (χ4v) is 3.13. The van der Waals surface area contributed by atoms with Crippen molar-refractivity contribution in [3.05, 3.63) is 71.1 Å². The molecule has 0 radical (unpaired) electrons. The normalized spacial score (nSPS) is 12.5. The minimum absolute atomic E-state index is 0.154. The molecule has 0 aliphatic carbocycles. The molecule has 0 saturated heterocycles. The molecule has 0 unspecified atom stereocenters. The van der Waals surface area contributed by atoms with Crippen molar-refractivity contribution in [1.29, 1.82) is 5.26 Å². The number of aryl methyl sites for hydroxylation is 1. The Morgan fingerprint density at radius 3 is 2.61 bits per heavy atom. The van der Waals surface area contributed by atoms with Crippen LogP contribution in [-0.4, -0.2) is 28.1 Å². The summed E-state index contributed by atoms with van der Waals surface area (Å²) in [5.41, 5.74) is 3.05. The number of nitrogens with one attached hydrogen (secondary N) is 1. The van der Waals surface area contributed by atoms with Gasteiger partial charge in [0.1, 0.15) is 17.3 Å². The summed E-state index contributed by atoms with van der Waals surface area (Å²) < 4.78 is 28.8. The maximum absolute atomic E-state index is 14.4. The quantitative estimate of drug-likeness (QED) is 0.748. The summed E-state index contributed by atoms with van der Waals surface area (Å²) in [4.78, 5) is 16.2. The van der Waals surface area contributed by atoms with E-state index in [0.717, 1.165) is 22.5 Å². The highest BCUT2D eigenvalue weighted by molar-refractivity contribution is 6.17. The van der Waals surface area contributed by atoms with Crippen LogP contribution in [0.15, 0.2) is 47.5 Å². The van der Waals surface area contributed by atoms with E-state index in [4.69, 9.17) is 5.26 Å². The molecule has 138 valence electrons. The third kappa shape index (κ3) is 2.93. The topological polar surface area (TPSA) is 83.1 Å². The number of amides is 1. The number of aliphatic imine (C=N–C) groups is 1. The van der Waals surface area contributed by atoms with Crippen LogP contribution in [-0.2, 0) is 0 Å². The van der Waals surface area contributed by atoms with Crippen molar-refractivity contribution >= 4 is 17.4 Å². The van der Waals surface area contributed by atoms with Gasteiger partial charge in [-0.25, -0.2) is 13.6 Å². The van der Waals surface area contributed by atoms with Crippen molar-refractivity contribution in [2.24, 2.45) is 4.99 Å². The number of carbonyl (C=O) groups is 1. The van der Waals surface area contributed by atoms with E-state index in [1.54, 1.807) is 31.2 Å². The lowest BCUT2D eigenvalue weighted by Crippen LogP contribution is -2.15. The Morgan fingerprint density at radius 2 is 1.93 bits per heavy atom. The van der Waals surface area contributed by atoms with Crippen LogP contribution in [0.2, 0.25) is 0 Å². The number of hydrogen-bond donors (Lipinski definition) is 1. The predicted molar refractivity (Wildman–Crippen MR) is 99.3 cm³/mol. The second kappa shape index (κ2) is 6.70. The zero-order valence-electron chi connectivity index (χ0n) is 14.7. The van der Waals surface area contributed by atoms with Crippen LogP contribution in [0.25, 0.3) is 11.1 Å². The molecule has 8 heteroatoms. The first-order chi connectivity index (χ1) is 13.5. The third-order valence-electron chi connectivity index (χ3n) is 4.42. The number of halogens is 2. The fraction of sp³-hybridized carbons (Fsp3) is 0.100. The lowest BCUT2D eigenvalue weighted by molar-refractivity contribution is 0.249. The van der Waals surface area contributed by atoms with E-state index < -0.39 is 17.7 Å². The number of nitriles is 1. The number of carbonyl (C=O) groups excluding carboxylic acids is 1. The van der Waals surface area contributed by atoms with Crippen LogP contribution in [0.4, 0.5) is 19.3 Å². The first-order valence-electron chi connectivity index (χ1n) is 8.39. The molecule has 4 rings (SSSR count). The van der Waals surface area contributed by atoms with Crippen LogP contribution in [0.5, 0.6) is 0 Å². The second-order valence-corrected chi connectivity index (χ2v) is 6.23. The Morgan fingerprint density at radius 1 is 1.18 bits per heavy atom. The molecule has 28 heavy (non-hydrogen) atoms. The summed E-state index contributed by atoms with van der Waals surface area (Å²) in [7, 11) is 0. The molecule has 0 fully saturated rings. The van der Waals surface area contributed by atoms with Crippen LogP contribution in [0.1, 0.15) is 17.0 Å². The molecule has 0 atom stereocenters. The highest BCUT2D eigenvalue weighted by Gasteiger charge is 2.31. The van der Waals surface area contributed by atoms with Crippen molar-refractivity contribution < 1.29 is 13.6 Å². The lowest BCUT2D eigenvalue weighted by Gasteiger charge is -2.09. The van der Waals surface area contributed by atoms with Gasteiger partial charge in [-0.15, -0.1) is 0 Å². The van der Waals surface area contributed by atoms with Crippen LogP contribution >= 0.6 is 0 Å². The Labute approximate surface area is 158 Å². The molecule has 1 aromatic heterocycles. The Kier molecular flexibility index (Phi) is 4.20. The van der Waals surface area contributed by atoms with Crippen LogP contribution in [0, 0.1) is 29.9 Å². The van der Waals surface area contributed by atoms with Crippen molar-refractivity contribution in [3.8, 4) is 17.2 Å². The number of fused-ring (bicyclic) bond motifs is 1. The van der Waals surface area contributed by atoms with Crippen molar-refractivity contribution in [2.75, 3.05) is 11.9 Å². The Hall–Kier alpha value is -3.86. The van der Waals surface area contributed by atoms with E-state index in [9.17, 15) is 13.6 Å². The largest absolute Gasteiger partial charge is 0.379 e. The summed E-state index contributed by atoms with van der Waals surface area (Å²) in [5, 5.41) is 16.2. The first kappa shape index (κ1) is 17.5. The Balaban J connectivity index is 1.69. The van der Waals surface area contributed by atoms with Crippen molar-refractivity contribution in [1.82, 2.24) is 9.78 Å². The van der Waals surface area contributed by atoms with E-state index in [1.165, 1.54) is 6.07 Å². The van der Waals surface area contributed by atoms with Gasteiger partial charge in [0.15, 0.2) is 0 Å². The zero-order chi connectivity index (χ0) is 19.8. The maximum atomic E-state index is 14.4. The van der Waals surface area contributed by atoms with Gasteiger partial charge < -0.3 is 5.32 Å². The van der Waals surface area contributed by atoms with Crippen LogP contribution < -0.4 is 5.32 Å². The molecular weight excluding hydrogens is 364 g/mol. The standard InChI is InChI=1S/C20H13F2N5O/c1-11-18(15-7-4-13(21)8-16(15)22)19-17(25-20(28)27(19)26-11)10-24-14-5-2-12(9-23)3-6-14/h2-8,24H,10H2,1H3. The SMILES string of the molecule is Cc1nn2c(c1-c1ccc(F)cc1F)C(CNc1ccc(C#N)cc1)=NC2=O. The van der Waals surface area contributed by atoms with Gasteiger partial charge in [-0.3, -0.25) is 0 Å². The summed E-state index contributed by atoms with van der Waals surface area (Å²) >= 11 is 0. The number of benzene rings is 2. The minimum Gasteiger partial charge on any atom is -0.379 e. The van der Waals surface area contributed by atoms with Gasteiger partial charge >= 0.3 is 6.03 Å². The average molecular weight is 377 g/mol. The van der Waals surface area contributed by atoms with E-state index in [-0.39, 0.29) is 12.1 Å². The summed E-state index contributed by atoms with van der Waals surface area (Å²) in [6.45, 7) is 1.85. The third-order valence-corrected chi connectivity index (χ3v) is 4.42. The van der Waals surface area contributed by atoms with Crippen molar-refractivity contribution in [3.63, 3.8) is 0 Å². The van der Waals surface area contributed by atoms with Gasteiger partial charge in [-0.2, -0.15) is 20.0 Å². The molecule has 1 aliphatic heterocycles. The maximum Gasteiger partial charge on any atom is 0.369 e. The molecule has 1 aliphatic rings. The lowest BCUT2D eigenvalue weighted by atomic mass is 10.0. The molecular formula is C20H13F2N5O. The van der Waals surface area contributed by atoms with E-state index >= 15 is 0 Å². The van der Waals surface area contributed by atoms with Gasteiger partial charge in [0.25, 0.3) is 0 Å². The van der Waals surface area contributed by atoms with Crippen LogP contribution in [0.3, 0.4) is 0 Å². The van der Waals surface area contributed by atoms with Crippen molar-refractivity contribution in [2.45, 2.75) is 6.92 Å². The van der Waals surface area contributed by atoms with E-state index in [2.05, 4.69) is 15.4 Å². The van der Waals surface area contributed by atoms with Gasteiger partial charge in [0.05, 0.1) is 29.6 Å². The van der Waals surface area contributed by atoms with Gasteiger partial charge in [0, 0.05) is 22.9 Å². The van der Waals surface area contributed by atoms with Gasteiger partial charge in [0.2, 0.25) is 0 Å². The number of anilines is 1. The molecule has 1 N–H and O–H groups in total. The van der Waals surface area contributed by atoms with E-state index in [1.807, 2.05) is 6.07 Å². The fourth-order valence-electron chi connectivity index (χ4n) is 3.13. The van der Waals surface area contributed by atoms with Gasteiger partial charge in [-0.1, -0.05) is 0 Å². The molecule has 0 bridgehead atoms. The second-order valence-electron chi connectivity index (χ2n) is 6.23. The summed E-state index contributed by atoms with van der Waals surface area (Å²) in [5.74, 6) is -1.42. The summed E-state index contributed by atoms with van der Waals surface area (Å²) in [6.07, 6.45) is 0. The number of hydrogen-bond acceptors (Lipinski definition) is 4. The molecule has 1 amide bonds. The number of rotatable bonds is 4. The molecule has 2 heterocycles. The van der Waals surface area contributed by atoms with Gasteiger partial charge in [-0.05, 0) is 43.3 Å². The highest BCUT2D eigenvalue weighted by atomic mass is 19.1. The number of aromatic nitrogens is 2.